The highest BCUT2D eigenvalue weighted by Crippen LogP contribution is 2.32. The van der Waals surface area contributed by atoms with Crippen LogP contribution in [0.5, 0.6) is 17.5 Å². The molecule has 108 valence electrons. The van der Waals surface area contributed by atoms with Gasteiger partial charge in [0.2, 0.25) is 6.79 Å². The highest BCUT2D eigenvalue weighted by Gasteiger charge is 2.13. The van der Waals surface area contributed by atoms with Crippen molar-refractivity contribution in [2.24, 2.45) is 5.73 Å². The van der Waals surface area contributed by atoms with Crippen molar-refractivity contribution in [3.8, 4) is 17.5 Å². The summed E-state index contributed by atoms with van der Waals surface area (Å²) in [7, 11) is 0. The molecule has 1 aromatic carbocycles. The Bertz CT molecular complexity index is 706. The maximum atomic E-state index is 5.59. The molecule has 2 heterocycles. The Morgan fingerprint density at radius 1 is 1.29 bits per heavy atom. The lowest BCUT2D eigenvalue weighted by Crippen LogP contribution is -2.13. The van der Waals surface area contributed by atoms with E-state index >= 15 is 0 Å². The van der Waals surface area contributed by atoms with Gasteiger partial charge >= 0.3 is 6.01 Å². The first kappa shape index (κ1) is 13.6. The Morgan fingerprint density at radius 3 is 2.90 bits per heavy atom. The third-order valence-electron chi connectivity index (χ3n) is 2.89. The number of fused-ring (bicyclic) bond motifs is 1. The number of hydrogen-bond donors (Lipinski definition) is 1. The van der Waals surface area contributed by atoms with Gasteiger partial charge in [0.15, 0.2) is 11.5 Å². The summed E-state index contributed by atoms with van der Waals surface area (Å²) in [5.74, 6) is 1.45. The fourth-order valence-electron chi connectivity index (χ4n) is 1.91. The van der Waals surface area contributed by atoms with E-state index in [1.807, 2.05) is 25.1 Å². The fraction of sp³-hybridized carbons (Fsp3) is 0.214. The van der Waals surface area contributed by atoms with Crippen LogP contribution >= 0.6 is 12.2 Å². The van der Waals surface area contributed by atoms with Crippen LogP contribution in [0.2, 0.25) is 0 Å². The lowest BCUT2D eigenvalue weighted by molar-refractivity contribution is 0.174. The molecule has 2 aromatic rings. The van der Waals surface area contributed by atoms with Crippen molar-refractivity contribution in [2.45, 2.75) is 13.5 Å². The number of aryl methyl sites for hydroxylation is 1. The Labute approximate surface area is 126 Å². The second kappa shape index (κ2) is 5.53. The average molecular weight is 303 g/mol. The van der Waals surface area contributed by atoms with E-state index in [4.69, 9.17) is 32.2 Å². The van der Waals surface area contributed by atoms with Crippen molar-refractivity contribution >= 4 is 17.2 Å². The van der Waals surface area contributed by atoms with Crippen molar-refractivity contribution in [1.82, 2.24) is 9.97 Å². The van der Waals surface area contributed by atoms with Gasteiger partial charge in [0.25, 0.3) is 0 Å². The van der Waals surface area contributed by atoms with E-state index in [-0.39, 0.29) is 17.8 Å². The standard InChI is InChI=1S/C14H13N3O3S/c1-8-4-10(13(15)21)17-14(16-8)18-6-9-2-3-11-12(5-9)20-7-19-11/h2-5H,6-7H2,1H3,(H2,15,21). The van der Waals surface area contributed by atoms with Crippen molar-refractivity contribution in [3.05, 3.63) is 41.2 Å². The Kier molecular flexibility index (Phi) is 3.57. The summed E-state index contributed by atoms with van der Waals surface area (Å²) in [5.41, 5.74) is 7.75. The Balaban J connectivity index is 1.74. The Hall–Kier alpha value is -2.41. The molecule has 1 aliphatic rings. The topological polar surface area (TPSA) is 79.5 Å². The molecular formula is C14H13N3O3S. The highest BCUT2D eigenvalue weighted by molar-refractivity contribution is 7.80. The van der Waals surface area contributed by atoms with E-state index in [0.29, 0.717) is 18.1 Å². The number of hydrogen-bond acceptors (Lipinski definition) is 6. The first-order valence-electron chi connectivity index (χ1n) is 6.28. The number of thiocarbonyl (C=S) groups is 1. The van der Waals surface area contributed by atoms with Gasteiger partial charge in [-0.25, -0.2) is 4.98 Å². The summed E-state index contributed by atoms with van der Waals surface area (Å²) < 4.78 is 16.2. The van der Waals surface area contributed by atoms with Crippen LogP contribution in [0, 0.1) is 6.92 Å². The summed E-state index contributed by atoms with van der Waals surface area (Å²) in [4.78, 5) is 8.58. The molecule has 0 unspecified atom stereocenters. The van der Waals surface area contributed by atoms with Gasteiger partial charge in [-0.2, -0.15) is 4.98 Å². The predicted octanol–water partition coefficient (Wildman–Crippen LogP) is 1.73. The average Bonchev–Trinajstić information content (AvgIpc) is 2.92. The molecule has 3 rings (SSSR count). The van der Waals surface area contributed by atoms with Gasteiger partial charge in [-0.3, -0.25) is 0 Å². The van der Waals surface area contributed by atoms with Crippen LogP contribution < -0.4 is 19.9 Å². The summed E-state index contributed by atoms with van der Waals surface area (Å²) in [5, 5.41) is 0. The molecule has 0 amide bonds. The first-order chi connectivity index (χ1) is 10.1. The summed E-state index contributed by atoms with van der Waals surface area (Å²) >= 11 is 4.91. The minimum absolute atomic E-state index is 0.216. The maximum absolute atomic E-state index is 5.59. The van der Waals surface area contributed by atoms with Crippen molar-refractivity contribution in [2.75, 3.05) is 6.79 Å². The molecule has 0 fully saturated rings. The van der Waals surface area contributed by atoms with Gasteiger partial charge in [-0.15, -0.1) is 0 Å². The van der Waals surface area contributed by atoms with E-state index < -0.39 is 0 Å². The molecule has 0 saturated carbocycles. The van der Waals surface area contributed by atoms with Crippen LogP contribution in [0.1, 0.15) is 17.0 Å². The van der Waals surface area contributed by atoms with Gasteiger partial charge in [0.05, 0.1) is 0 Å². The molecule has 0 saturated heterocycles. The lowest BCUT2D eigenvalue weighted by Gasteiger charge is -2.07. The van der Waals surface area contributed by atoms with E-state index in [0.717, 1.165) is 17.0 Å². The largest absolute Gasteiger partial charge is 0.459 e. The van der Waals surface area contributed by atoms with Crippen LogP contribution in [0.15, 0.2) is 24.3 Å². The molecule has 0 bridgehead atoms. The second-order valence-electron chi connectivity index (χ2n) is 4.52. The molecule has 0 atom stereocenters. The fourth-order valence-corrected chi connectivity index (χ4v) is 2.02. The SMILES string of the molecule is Cc1cc(C(N)=S)nc(OCc2ccc3c(c2)OCO3)n1. The van der Waals surface area contributed by atoms with Crippen LogP contribution in [0.4, 0.5) is 0 Å². The normalized spacial score (nSPS) is 12.2. The van der Waals surface area contributed by atoms with Gasteiger partial charge in [-0.05, 0) is 30.7 Å². The van der Waals surface area contributed by atoms with Crippen molar-refractivity contribution in [3.63, 3.8) is 0 Å². The van der Waals surface area contributed by atoms with Crippen molar-refractivity contribution in [1.29, 1.82) is 0 Å². The maximum Gasteiger partial charge on any atom is 0.317 e. The minimum atomic E-state index is 0.216. The second-order valence-corrected chi connectivity index (χ2v) is 4.96. The number of aromatic nitrogens is 2. The number of nitrogens with two attached hydrogens (primary N) is 1. The van der Waals surface area contributed by atoms with E-state index in [2.05, 4.69) is 9.97 Å². The zero-order valence-electron chi connectivity index (χ0n) is 11.3. The van der Waals surface area contributed by atoms with Gasteiger partial charge < -0.3 is 19.9 Å². The third-order valence-corrected chi connectivity index (χ3v) is 3.10. The van der Waals surface area contributed by atoms with E-state index in [1.165, 1.54) is 0 Å². The smallest absolute Gasteiger partial charge is 0.317 e. The quantitative estimate of drug-likeness (QED) is 0.861. The monoisotopic (exact) mass is 303 g/mol. The third kappa shape index (κ3) is 3.03. The molecule has 7 heteroatoms. The molecule has 0 spiro atoms. The zero-order chi connectivity index (χ0) is 14.8. The summed E-state index contributed by atoms with van der Waals surface area (Å²) in [6, 6.07) is 7.58. The molecule has 1 aromatic heterocycles. The summed E-state index contributed by atoms with van der Waals surface area (Å²) in [6.45, 7) is 2.39. The number of rotatable bonds is 4. The molecular weight excluding hydrogens is 290 g/mol. The lowest BCUT2D eigenvalue weighted by atomic mass is 10.2. The summed E-state index contributed by atoms with van der Waals surface area (Å²) in [6.07, 6.45) is 0. The number of nitrogens with zero attached hydrogens (tertiary/aromatic N) is 2. The van der Waals surface area contributed by atoms with Crippen LogP contribution in [-0.2, 0) is 6.61 Å². The molecule has 21 heavy (non-hydrogen) atoms. The zero-order valence-corrected chi connectivity index (χ0v) is 12.1. The van der Waals surface area contributed by atoms with Crippen LogP contribution in [0.25, 0.3) is 0 Å². The van der Waals surface area contributed by atoms with Crippen LogP contribution in [0.3, 0.4) is 0 Å². The van der Waals surface area contributed by atoms with Gasteiger partial charge in [0.1, 0.15) is 17.3 Å². The Morgan fingerprint density at radius 2 is 2.10 bits per heavy atom. The first-order valence-corrected chi connectivity index (χ1v) is 6.69. The molecule has 2 N–H and O–H groups in total. The van der Waals surface area contributed by atoms with Crippen molar-refractivity contribution < 1.29 is 14.2 Å². The van der Waals surface area contributed by atoms with Gasteiger partial charge in [0, 0.05) is 5.69 Å². The van der Waals surface area contributed by atoms with E-state index in [9.17, 15) is 0 Å². The molecule has 0 radical (unpaired) electrons. The molecule has 6 nitrogen and oxygen atoms in total. The van der Waals surface area contributed by atoms with Crippen LogP contribution in [-0.4, -0.2) is 21.7 Å². The minimum Gasteiger partial charge on any atom is -0.459 e. The number of ether oxygens (including phenoxy) is 3. The number of benzene rings is 1. The molecule has 1 aliphatic heterocycles. The molecule has 0 aliphatic carbocycles. The highest BCUT2D eigenvalue weighted by atomic mass is 32.1. The van der Waals surface area contributed by atoms with E-state index in [1.54, 1.807) is 6.07 Å². The predicted molar refractivity (Wildman–Crippen MR) is 79.6 cm³/mol. The van der Waals surface area contributed by atoms with Gasteiger partial charge in [-0.1, -0.05) is 18.3 Å².